The molecule has 3 heterocycles. The van der Waals surface area contributed by atoms with Crippen LogP contribution < -0.4 is 4.90 Å². The number of amides is 2. The van der Waals surface area contributed by atoms with E-state index in [1.165, 1.54) is 35.2 Å². The van der Waals surface area contributed by atoms with Gasteiger partial charge in [0.1, 0.15) is 6.54 Å². The van der Waals surface area contributed by atoms with Gasteiger partial charge >= 0.3 is 0 Å². The van der Waals surface area contributed by atoms with Crippen molar-refractivity contribution < 1.29 is 9.59 Å². The van der Waals surface area contributed by atoms with E-state index >= 15 is 0 Å². The van der Waals surface area contributed by atoms with E-state index in [-0.39, 0.29) is 23.9 Å². The highest BCUT2D eigenvalue weighted by molar-refractivity contribution is 5.95. The van der Waals surface area contributed by atoms with Gasteiger partial charge in [-0.3, -0.25) is 14.3 Å². The van der Waals surface area contributed by atoms with Gasteiger partial charge in [-0.2, -0.15) is 5.10 Å². The summed E-state index contributed by atoms with van der Waals surface area (Å²) in [4.78, 5) is 33.6. The Balaban J connectivity index is 1.07. The Bertz CT molecular complexity index is 1240. The minimum absolute atomic E-state index is 0.110. The molecule has 0 unspecified atom stereocenters. The smallest absolute Gasteiger partial charge is 0.275 e. The van der Waals surface area contributed by atoms with Crippen LogP contribution in [0, 0.1) is 19.8 Å². The standard InChI is InChI=1S/C29H37N5O2/c1-19-6-5-7-23(20(19)2)31-12-14-32(15-13-31)25(35)18-34-24-17-21-16-22(21)26(24)27(30-34)28(36)33-11-4-3-8-29(33)9-10-29/h5-7,21-22H,3-4,8-18H2,1-2H3/t21-,22+/m0/s1. The van der Waals surface area contributed by atoms with Gasteiger partial charge in [-0.1, -0.05) is 12.1 Å². The van der Waals surface area contributed by atoms with Crippen molar-refractivity contribution in [2.45, 2.75) is 76.8 Å². The number of nitrogens with zero attached hydrogens (tertiary/aromatic N) is 5. The van der Waals surface area contributed by atoms with Crippen LogP contribution in [0.2, 0.25) is 0 Å². The summed E-state index contributed by atoms with van der Waals surface area (Å²) in [6, 6.07) is 6.45. The number of carbonyl (C=O) groups is 2. The second kappa shape index (κ2) is 8.09. The van der Waals surface area contributed by atoms with Crippen LogP contribution in [-0.2, 0) is 17.8 Å². The van der Waals surface area contributed by atoms with Crippen molar-refractivity contribution >= 4 is 17.5 Å². The monoisotopic (exact) mass is 487 g/mol. The van der Waals surface area contributed by atoms with Crippen molar-refractivity contribution in [3.8, 4) is 0 Å². The minimum Gasteiger partial charge on any atom is -0.368 e. The lowest BCUT2D eigenvalue weighted by Crippen LogP contribution is -2.50. The average Bonchev–Trinajstić information content (AvgIpc) is 3.77. The Morgan fingerprint density at radius 2 is 1.83 bits per heavy atom. The van der Waals surface area contributed by atoms with E-state index in [1.807, 2.05) is 9.58 Å². The lowest BCUT2D eigenvalue weighted by Gasteiger charge is -2.37. The molecule has 7 rings (SSSR count). The van der Waals surface area contributed by atoms with Crippen molar-refractivity contribution in [3.63, 3.8) is 0 Å². The number of rotatable bonds is 4. The first-order chi connectivity index (χ1) is 17.4. The summed E-state index contributed by atoms with van der Waals surface area (Å²) >= 11 is 0. The molecule has 0 bridgehead atoms. The quantitative estimate of drug-likeness (QED) is 0.660. The fourth-order valence-electron chi connectivity index (χ4n) is 7.19. The summed E-state index contributed by atoms with van der Waals surface area (Å²) in [5, 5.41) is 4.86. The molecule has 190 valence electrons. The summed E-state index contributed by atoms with van der Waals surface area (Å²) in [5.41, 5.74) is 7.01. The van der Waals surface area contributed by atoms with Crippen molar-refractivity contribution in [3.05, 3.63) is 46.3 Å². The predicted molar refractivity (Wildman–Crippen MR) is 138 cm³/mol. The van der Waals surface area contributed by atoms with Gasteiger partial charge in [-0.25, -0.2) is 0 Å². The van der Waals surface area contributed by atoms with Gasteiger partial charge in [0.2, 0.25) is 5.91 Å². The topological polar surface area (TPSA) is 61.7 Å². The molecule has 5 aliphatic rings. The number of aromatic nitrogens is 2. The molecule has 4 fully saturated rings. The Kier molecular flexibility index (Phi) is 5.03. The zero-order valence-corrected chi connectivity index (χ0v) is 21.6. The number of piperazine rings is 1. The van der Waals surface area contributed by atoms with Crippen molar-refractivity contribution in [1.82, 2.24) is 19.6 Å². The number of likely N-dealkylation sites (tertiary alicyclic amines) is 1. The average molecular weight is 488 g/mol. The van der Waals surface area contributed by atoms with E-state index in [9.17, 15) is 9.59 Å². The zero-order valence-electron chi connectivity index (χ0n) is 21.6. The lowest BCUT2D eigenvalue weighted by molar-refractivity contribution is -0.132. The molecule has 0 N–H and O–H groups in total. The maximum Gasteiger partial charge on any atom is 0.275 e. The van der Waals surface area contributed by atoms with Crippen LogP contribution in [0.15, 0.2) is 18.2 Å². The molecule has 7 heteroatoms. The van der Waals surface area contributed by atoms with Gasteiger partial charge in [0.05, 0.1) is 0 Å². The van der Waals surface area contributed by atoms with E-state index in [4.69, 9.17) is 5.10 Å². The fourth-order valence-corrected chi connectivity index (χ4v) is 7.19. The number of hydrogen-bond donors (Lipinski definition) is 0. The normalized spacial score (nSPS) is 25.7. The summed E-state index contributed by atoms with van der Waals surface area (Å²) in [6.07, 6.45) is 7.89. The third kappa shape index (κ3) is 3.49. The number of aryl methyl sites for hydroxylation is 1. The predicted octanol–water partition coefficient (Wildman–Crippen LogP) is 3.67. The molecule has 36 heavy (non-hydrogen) atoms. The number of anilines is 1. The molecule has 2 aromatic rings. The van der Waals surface area contributed by atoms with E-state index < -0.39 is 0 Å². The van der Waals surface area contributed by atoms with Crippen LogP contribution in [0.3, 0.4) is 0 Å². The van der Waals surface area contributed by atoms with Crippen molar-refractivity contribution in [2.24, 2.45) is 5.92 Å². The Hall–Kier alpha value is -2.83. The van der Waals surface area contributed by atoms with Gasteiger partial charge in [0.25, 0.3) is 5.91 Å². The maximum atomic E-state index is 13.8. The summed E-state index contributed by atoms with van der Waals surface area (Å²) in [5.74, 6) is 1.40. The van der Waals surface area contributed by atoms with Crippen LogP contribution in [0.25, 0.3) is 0 Å². The Morgan fingerprint density at radius 3 is 2.61 bits per heavy atom. The highest BCUT2D eigenvalue weighted by Gasteiger charge is 2.54. The molecule has 2 saturated heterocycles. The Morgan fingerprint density at radius 1 is 1.03 bits per heavy atom. The maximum absolute atomic E-state index is 13.8. The molecule has 2 aliphatic heterocycles. The van der Waals surface area contributed by atoms with Crippen LogP contribution in [0.1, 0.15) is 77.3 Å². The third-order valence-electron chi connectivity index (χ3n) is 9.80. The van der Waals surface area contributed by atoms with Crippen LogP contribution in [0.4, 0.5) is 5.69 Å². The van der Waals surface area contributed by atoms with Crippen LogP contribution in [-0.4, -0.2) is 69.7 Å². The second-order valence-corrected chi connectivity index (χ2v) is 11.9. The van der Waals surface area contributed by atoms with Crippen molar-refractivity contribution in [2.75, 3.05) is 37.6 Å². The summed E-state index contributed by atoms with van der Waals surface area (Å²) in [6.45, 7) is 8.59. The number of benzene rings is 1. The SMILES string of the molecule is Cc1cccc(N2CCN(C(=O)Cn3nc(C(=O)N4CCCCC45CC5)c4c3C[C@@H]3C[C@@H]43)CC2)c1C. The molecule has 1 aromatic heterocycles. The number of fused-ring (bicyclic) bond motifs is 3. The van der Waals surface area contributed by atoms with E-state index in [0.29, 0.717) is 17.5 Å². The molecule has 0 radical (unpaired) electrons. The van der Waals surface area contributed by atoms with Crippen LogP contribution in [0.5, 0.6) is 0 Å². The fraction of sp³-hybridized carbons (Fsp3) is 0.621. The first-order valence-electron chi connectivity index (χ1n) is 14.0. The third-order valence-corrected chi connectivity index (χ3v) is 9.80. The van der Waals surface area contributed by atoms with Gasteiger partial charge < -0.3 is 14.7 Å². The van der Waals surface area contributed by atoms with E-state index in [0.717, 1.165) is 70.5 Å². The first kappa shape index (κ1) is 22.4. The molecule has 7 nitrogen and oxygen atoms in total. The van der Waals surface area contributed by atoms with Gasteiger partial charge in [-0.05, 0) is 87.8 Å². The van der Waals surface area contributed by atoms with Gasteiger partial charge in [0.15, 0.2) is 5.69 Å². The number of carbonyl (C=O) groups excluding carboxylic acids is 2. The van der Waals surface area contributed by atoms with Crippen molar-refractivity contribution in [1.29, 1.82) is 0 Å². The highest BCUT2D eigenvalue weighted by atomic mass is 16.2. The molecule has 2 amide bonds. The summed E-state index contributed by atoms with van der Waals surface area (Å²) < 4.78 is 1.90. The molecular formula is C29H37N5O2. The van der Waals surface area contributed by atoms with Crippen LogP contribution >= 0.6 is 0 Å². The van der Waals surface area contributed by atoms with Gasteiger partial charge in [0, 0.05) is 55.2 Å². The lowest BCUT2D eigenvalue weighted by atomic mass is 9.98. The molecule has 1 aromatic carbocycles. The Labute approximate surface area is 213 Å². The zero-order chi connectivity index (χ0) is 24.6. The molecule has 2 atom stereocenters. The molecule has 3 aliphatic carbocycles. The largest absolute Gasteiger partial charge is 0.368 e. The van der Waals surface area contributed by atoms with E-state index in [2.05, 4.69) is 41.8 Å². The molecule has 1 spiro atoms. The number of hydrogen-bond acceptors (Lipinski definition) is 4. The minimum atomic E-state index is 0.110. The van der Waals surface area contributed by atoms with Gasteiger partial charge in [-0.15, -0.1) is 0 Å². The molecular weight excluding hydrogens is 450 g/mol. The first-order valence-corrected chi connectivity index (χ1v) is 14.0. The summed E-state index contributed by atoms with van der Waals surface area (Å²) in [7, 11) is 0. The second-order valence-electron chi connectivity index (χ2n) is 11.9. The number of piperidine rings is 1. The highest BCUT2D eigenvalue weighted by Crippen LogP contribution is 2.58. The van der Waals surface area contributed by atoms with E-state index in [1.54, 1.807) is 0 Å². The molecule has 2 saturated carbocycles.